The number of pyridine rings is 1. The lowest BCUT2D eigenvalue weighted by molar-refractivity contribution is -0.137. The number of benzene rings is 2. The van der Waals surface area contributed by atoms with Gasteiger partial charge in [-0.1, -0.05) is 18.2 Å². The van der Waals surface area contributed by atoms with Crippen LogP contribution in [0.2, 0.25) is 0 Å². The lowest BCUT2D eigenvalue weighted by Crippen LogP contribution is -2.35. The third-order valence-corrected chi connectivity index (χ3v) is 7.21. The summed E-state index contributed by atoms with van der Waals surface area (Å²) in [5.74, 6) is 0.462. The van der Waals surface area contributed by atoms with Gasteiger partial charge in [-0.2, -0.15) is 13.2 Å². The predicted molar refractivity (Wildman–Crippen MR) is 126 cm³/mol. The molecule has 5 rings (SSSR count). The first-order valence-corrected chi connectivity index (χ1v) is 11.9. The Kier molecular flexibility index (Phi) is 6.22. The fourth-order valence-corrected chi connectivity index (χ4v) is 5.17. The van der Waals surface area contributed by atoms with Crippen LogP contribution in [0.5, 0.6) is 0 Å². The zero-order valence-electron chi connectivity index (χ0n) is 18.2. The summed E-state index contributed by atoms with van der Waals surface area (Å²) in [7, 11) is 0. The number of nitrogens with zero attached hydrogens (tertiary/aromatic N) is 2. The number of carbonyl (C=O) groups excluding carboxylic acids is 1. The largest absolute Gasteiger partial charge is 0.417 e. The van der Waals surface area contributed by atoms with Crippen LogP contribution in [0.25, 0.3) is 11.1 Å². The zero-order chi connectivity index (χ0) is 23.7. The molecule has 2 N–H and O–H groups in total. The number of aromatic nitrogens is 1. The molecule has 0 atom stereocenters. The molecule has 176 valence electrons. The standard InChI is InChI=1S/C25H23F3N4OS/c26-25(27,28)19-4-8-23(29-15-19)31-20-9-11-32(12-10-20)34-21-5-1-16(2-6-21)17-3-7-22-18(13-17)14-30-24(22)33/h1-8,13,15,20H,9-12,14H2,(H,29,31)(H,30,33). The lowest BCUT2D eigenvalue weighted by Gasteiger charge is -2.31. The van der Waals surface area contributed by atoms with E-state index in [1.807, 2.05) is 12.1 Å². The van der Waals surface area contributed by atoms with Gasteiger partial charge in [0.05, 0.1) is 5.56 Å². The highest BCUT2D eigenvalue weighted by atomic mass is 32.2. The van der Waals surface area contributed by atoms with Crippen molar-refractivity contribution in [3.63, 3.8) is 0 Å². The Bertz CT molecular complexity index is 1170. The Hall–Kier alpha value is -3.04. The second kappa shape index (κ2) is 9.31. The molecule has 1 amide bonds. The van der Waals surface area contributed by atoms with Crippen molar-refractivity contribution in [2.75, 3.05) is 18.4 Å². The summed E-state index contributed by atoms with van der Waals surface area (Å²) in [6.45, 7) is 2.32. The first kappa shape index (κ1) is 22.7. The summed E-state index contributed by atoms with van der Waals surface area (Å²) in [4.78, 5) is 16.8. The molecule has 0 aliphatic carbocycles. The maximum absolute atomic E-state index is 12.7. The monoisotopic (exact) mass is 484 g/mol. The molecule has 9 heteroatoms. The van der Waals surface area contributed by atoms with Crippen molar-refractivity contribution < 1.29 is 18.0 Å². The minimum atomic E-state index is -4.37. The first-order valence-electron chi connectivity index (χ1n) is 11.1. The molecule has 34 heavy (non-hydrogen) atoms. The highest BCUT2D eigenvalue weighted by Crippen LogP contribution is 2.31. The number of piperidine rings is 1. The summed E-state index contributed by atoms with van der Waals surface area (Å²) < 4.78 is 40.4. The van der Waals surface area contributed by atoms with Crippen molar-refractivity contribution in [1.82, 2.24) is 14.6 Å². The fourth-order valence-electron chi connectivity index (χ4n) is 4.22. The molecule has 2 aliphatic heterocycles. The number of hydrogen-bond acceptors (Lipinski definition) is 5. The molecule has 1 fully saturated rings. The summed E-state index contributed by atoms with van der Waals surface area (Å²) in [5, 5.41) is 6.10. The minimum absolute atomic E-state index is 0.0112. The van der Waals surface area contributed by atoms with Gasteiger partial charge in [-0.05, 0) is 77.9 Å². The number of amides is 1. The topological polar surface area (TPSA) is 57.3 Å². The van der Waals surface area contributed by atoms with Crippen LogP contribution in [0.1, 0.15) is 34.3 Å². The normalized spacial score (nSPS) is 16.9. The maximum atomic E-state index is 12.7. The second-order valence-electron chi connectivity index (χ2n) is 8.45. The van der Waals surface area contributed by atoms with E-state index < -0.39 is 11.7 Å². The molecule has 0 radical (unpaired) electrons. The van der Waals surface area contributed by atoms with Crippen LogP contribution >= 0.6 is 11.9 Å². The molecule has 3 heterocycles. The highest BCUT2D eigenvalue weighted by molar-refractivity contribution is 7.97. The Balaban J connectivity index is 1.13. The molecule has 0 unspecified atom stereocenters. The van der Waals surface area contributed by atoms with Crippen molar-refractivity contribution in [3.05, 3.63) is 77.5 Å². The zero-order valence-corrected chi connectivity index (χ0v) is 19.0. The van der Waals surface area contributed by atoms with Gasteiger partial charge in [0.2, 0.25) is 0 Å². The van der Waals surface area contributed by atoms with Crippen LogP contribution in [-0.2, 0) is 12.7 Å². The van der Waals surface area contributed by atoms with Gasteiger partial charge in [0, 0.05) is 42.3 Å². The van der Waals surface area contributed by atoms with Crippen molar-refractivity contribution in [2.24, 2.45) is 0 Å². The number of alkyl halides is 3. The van der Waals surface area contributed by atoms with Gasteiger partial charge in [-0.25, -0.2) is 9.29 Å². The van der Waals surface area contributed by atoms with E-state index in [1.54, 1.807) is 11.9 Å². The van der Waals surface area contributed by atoms with Crippen LogP contribution in [0.3, 0.4) is 0 Å². The van der Waals surface area contributed by atoms with Crippen LogP contribution in [0, 0.1) is 0 Å². The molecule has 0 saturated carbocycles. The van der Waals surface area contributed by atoms with Crippen LogP contribution < -0.4 is 10.6 Å². The number of hydrogen-bond donors (Lipinski definition) is 2. The smallest absolute Gasteiger partial charge is 0.367 e. The van der Waals surface area contributed by atoms with E-state index in [4.69, 9.17) is 0 Å². The molecule has 3 aromatic rings. The van der Waals surface area contributed by atoms with Crippen molar-refractivity contribution in [1.29, 1.82) is 0 Å². The lowest BCUT2D eigenvalue weighted by atomic mass is 10.0. The van der Waals surface area contributed by atoms with Gasteiger partial charge in [-0.15, -0.1) is 0 Å². The fraction of sp³-hybridized carbons (Fsp3) is 0.280. The average molecular weight is 485 g/mol. The molecule has 1 saturated heterocycles. The number of fused-ring (bicyclic) bond motifs is 1. The van der Waals surface area contributed by atoms with E-state index in [1.165, 1.54) is 6.07 Å². The van der Waals surface area contributed by atoms with Gasteiger partial charge in [0.25, 0.3) is 5.91 Å². The quantitative estimate of drug-likeness (QED) is 0.462. The number of halogens is 3. The van der Waals surface area contributed by atoms with Gasteiger partial charge in [0.15, 0.2) is 0 Å². The van der Waals surface area contributed by atoms with Crippen LogP contribution in [-0.4, -0.2) is 34.3 Å². The van der Waals surface area contributed by atoms with Gasteiger partial charge < -0.3 is 10.6 Å². The van der Waals surface area contributed by atoms with E-state index in [0.717, 1.165) is 65.3 Å². The Morgan fingerprint density at radius 3 is 2.41 bits per heavy atom. The van der Waals surface area contributed by atoms with Gasteiger partial charge >= 0.3 is 6.18 Å². The minimum Gasteiger partial charge on any atom is -0.367 e. The summed E-state index contributed by atoms with van der Waals surface area (Å²) in [5.41, 5.74) is 3.25. The molecule has 2 aromatic carbocycles. The highest BCUT2D eigenvalue weighted by Gasteiger charge is 2.30. The van der Waals surface area contributed by atoms with E-state index in [0.29, 0.717) is 12.4 Å². The third kappa shape index (κ3) is 5.05. The third-order valence-electron chi connectivity index (χ3n) is 6.11. The molecule has 0 spiro atoms. The van der Waals surface area contributed by atoms with Crippen molar-refractivity contribution in [2.45, 2.75) is 36.5 Å². The Morgan fingerprint density at radius 1 is 1.00 bits per heavy atom. The summed E-state index contributed by atoms with van der Waals surface area (Å²) in [6.07, 6.45) is -1.73. The predicted octanol–water partition coefficient (Wildman–Crippen LogP) is 5.59. The molecular formula is C25H23F3N4OS. The van der Waals surface area contributed by atoms with Gasteiger partial charge in [0.1, 0.15) is 5.82 Å². The SMILES string of the molecule is O=C1NCc2cc(-c3ccc(SN4CCC(Nc5ccc(C(F)(F)F)cn5)CC4)cc3)ccc21. The van der Waals surface area contributed by atoms with E-state index in [9.17, 15) is 18.0 Å². The average Bonchev–Trinajstić information content (AvgIpc) is 3.21. The first-order chi connectivity index (χ1) is 16.3. The molecule has 5 nitrogen and oxygen atoms in total. The molecular weight excluding hydrogens is 461 g/mol. The number of rotatable bonds is 5. The number of nitrogens with one attached hydrogen (secondary N) is 2. The number of carbonyl (C=O) groups is 1. The van der Waals surface area contributed by atoms with Crippen LogP contribution in [0.4, 0.5) is 19.0 Å². The van der Waals surface area contributed by atoms with E-state index in [2.05, 4.69) is 50.3 Å². The Labute approximate surface area is 199 Å². The molecule has 0 bridgehead atoms. The van der Waals surface area contributed by atoms with E-state index in [-0.39, 0.29) is 11.9 Å². The number of anilines is 1. The maximum Gasteiger partial charge on any atom is 0.417 e. The van der Waals surface area contributed by atoms with Gasteiger partial charge in [-0.3, -0.25) is 4.79 Å². The van der Waals surface area contributed by atoms with Crippen molar-refractivity contribution in [3.8, 4) is 11.1 Å². The van der Waals surface area contributed by atoms with Crippen molar-refractivity contribution >= 4 is 23.7 Å². The summed E-state index contributed by atoms with van der Waals surface area (Å²) >= 11 is 1.71. The Morgan fingerprint density at radius 2 is 1.74 bits per heavy atom. The molecule has 2 aliphatic rings. The second-order valence-corrected chi connectivity index (χ2v) is 9.62. The summed E-state index contributed by atoms with van der Waals surface area (Å²) in [6, 6.07) is 17.0. The van der Waals surface area contributed by atoms with E-state index >= 15 is 0 Å². The van der Waals surface area contributed by atoms with Crippen LogP contribution in [0.15, 0.2) is 65.7 Å². The molecule has 1 aromatic heterocycles.